The monoisotopic (exact) mass is 259 g/mol. The molecule has 0 saturated heterocycles. The molecule has 1 unspecified atom stereocenters. The molecule has 2 aromatic carbocycles. The molecule has 100 valence electrons. The first kappa shape index (κ1) is 13.6. The van der Waals surface area contributed by atoms with Crippen molar-refractivity contribution in [2.45, 2.75) is 12.5 Å². The molecule has 0 aliphatic heterocycles. The highest BCUT2D eigenvalue weighted by Crippen LogP contribution is 2.26. The van der Waals surface area contributed by atoms with E-state index in [0.29, 0.717) is 5.56 Å². The lowest BCUT2D eigenvalue weighted by molar-refractivity contribution is 0.380. The second kappa shape index (κ2) is 6.34. The largest absolute Gasteiger partial charge is 0.494 e. The fourth-order valence-electron chi connectivity index (χ4n) is 2.17. The smallest absolute Gasteiger partial charge is 0.169 e. The average molecular weight is 259 g/mol. The minimum atomic E-state index is -0.291. The van der Waals surface area contributed by atoms with Crippen molar-refractivity contribution in [3.63, 3.8) is 0 Å². The van der Waals surface area contributed by atoms with Gasteiger partial charge in [0, 0.05) is 11.6 Å². The maximum Gasteiger partial charge on any atom is 0.169 e. The second-order valence-corrected chi connectivity index (χ2v) is 4.39. The molecule has 0 fully saturated rings. The van der Waals surface area contributed by atoms with E-state index in [-0.39, 0.29) is 17.6 Å². The molecular weight excluding hydrogens is 241 g/mol. The number of methoxy groups -OCH3 is 1. The fraction of sp³-hybridized carbons (Fsp3) is 0.250. The summed E-state index contributed by atoms with van der Waals surface area (Å²) >= 11 is 0. The predicted molar refractivity (Wildman–Crippen MR) is 74.9 cm³/mol. The molecule has 0 saturated carbocycles. The molecule has 0 radical (unpaired) electrons. The molecule has 3 heteroatoms. The molecule has 0 spiro atoms. The summed E-state index contributed by atoms with van der Waals surface area (Å²) in [4.78, 5) is 0. The van der Waals surface area contributed by atoms with E-state index in [4.69, 9.17) is 4.74 Å². The van der Waals surface area contributed by atoms with Gasteiger partial charge in [-0.05, 0) is 25.1 Å². The van der Waals surface area contributed by atoms with E-state index in [2.05, 4.69) is 5.32 Å². The van der Waals surface area contributed by atoms with Gasteiger partial charge in [0.1, 0.15) is 0 Å². The third kappa shape index (κ3) is 3.12. The molecule has 0 aromatic heterocycles. The van der Waals surface area contributed by atoms with Crippen molar-refractivity contribution in [2.75, 3.05) is 14.2 Å². The lowest BCUT2D eigenvalue weighted by Crippen LogP contribution is -2.20. The van der Waals surface area contributed by atoms with E-state index >= 15 is 0 Å². The SMILES string of the molecule is CNC(Cc1ccccc1)c1cccc(OC)c1F. The average Bonchev–Trinajstić information content (AvgIpc) is 2.46. The Kier molecular flexibility index (Phi) is 4.53. The van der Waals surface area contributed by atoms with Crippen molar-refractivity contribution in [3.05, 3.63) is 65.5 Å². The van der Waals surface area contributed by atoms with Crippen molar-refractivity contribution < 1.29 is 9.13 Å². The Labute approximate surface area is 113 Å². The van der Waals surface area contributed by atoms with E-state index in [0.717, 1.165) is 6.42 Å². The number of hydrogen-bond donors (Lipinski definition) is 1. The Morgan fingerprint density at radius 3 is 2.47 bits per heavy atom. The van der Waals surface area contributed by atoms with E-state index in [9.17, 15) is 4.39 Å². The fourth-order valence-corrected chi connectivity index (χ4v) is 2.17. The predicted octanol–water partition coefficient (Wildman–Crippen LogP) is 3.34. The van der Waals surface area contributed by atoms with Gasteiger partial charge in [0.25, 0.3) is 0 Å². The van der Waals surface area contributed by atoms with Crippen LogP contribution in [0.4, 0.5) is 4.39 Å². The number of ether oxygens (including phenoxy) is 1. The summed E-state index contributed by atoms with van der Waals surface area (Å²) in [6.45, 7) is 0. The summed E-state index contributed by atoms with van der Waals surface area (Å²) < 4.78 is 19.3. The van der Waals surface area contributed by atoms with Gasteiger partial charge in [0.2, 0.25) is 0 Å². The van der Waals surface area contributed by atoms with Crippen LogP contribution in [0.3, 0.4) is 0 Å². The van der Waals surface area contributed by atoms with E-state index < -0.39 is 0 Å². The molecule has 1 N–H and O–H groups in total. The molecular formula is C16H18FNO. The highest BCUT2D eigenvalue weighted by molar-refractivity contribution is 5.34. The van der Waals surface area contributed by atoms with Crippen LogP contribution in [0.2, 0.25) is 0 Å². The molecule has 19 heavy (non-hydrogen) atoms. The number of halogens is 1. The van der Waals surface area contributed by atoms with Crippen LogP contribution in [-0.4, -0.2) is 14.2 Å². The van der Waals surface area contributed by atoms with Crippen LogP contribution in [0, 0.1) is 5.82 Å². The second-order valence-electron chi connectivity index (χ2n) is 4.39. The Balaban J connectivity index is 2.27. The number of likely N-dealkylation sites (N-methyl/N-ethyl adjacent to an activating group) is 1. The van der Waals surface area contributed by atoms with Gasteiger partial charge < -0.3 is 10.1 Å². The molecule has 0 amide bonds. The molecule has 0 bridgehead atoms. The van der Waals surface area contributed by atoms with Crippen molar-refractivity contribution in [2.24, 2.45) is 0 Å². The Morgan fingerprint density at radius 2 is 1.84 bits per heavy atom. The van der Waals surface area contributed by atoms with Crippen molar-refractivity contribution >= 4 is 0 Å². The third-order valence-corrected chi connectivity index (χ3v) is 3.22. The van der Waals surface area contributed by atoms with Gasteiger partial charge in [-0.2, -0.15) is 0 Å². The minimum absolute atomic E-state index is 0.0718. The van der Waals surface area contributed by atoms with E-state index in [1.54, 1.807) is 12.1 Å². The van der Waals surface area contributed by atoms with E-state index in [1.165, 1.54) is 12.7 Å². The maximum absolute atomic E-state index is 14.2. The van der Waals surface area contributed by atoms with Gasteiger partial charge in [-0.15, -0.1) is 0 Å². The van der Waals surface area contributed by atoms with Crippen LogP contribution in [0.15, 0.2) is 48.5 Å². The summed E-state index contributed by atoms with van der Waals surface area (Å²) in [6.07, 6.45) is 0.738. The zero-order valence-corrected chi connectivity index (χ0v) is 11.2. The first-order chi connectivity index (χ1) is 9.26. The Bertz CT molecular complexity index is 528. The van der Waals surface area contributed by atoms with Gasteiger partial charge in [0.05, 0.1) is 7.11 Å². The highest BCUT2D eigenvalue weighted by Gasteiger charge is 2.17. The van der Waals surface area contributed by atoms with Crippen LogP contribution in [-0.2, 0) is 6.42 Å². The number of hydrogen-bond acceptors (Lipinski definition) is 2. The normalized spacial score (nSPS) is 12.2. The first-order valence-corrected chi connectivity index (χ1v) is 6.30. The summed E-state index contributed by atoms with van der Waals surface area (Å²) in [6, 6.07) is 15.2. The van der Waals surface area contributed by atoms with Gasteiger partial charge in [-0.1, -0.05) is 42.5 Å². The number of rotatable bonds is 5. The summed E-state index contributed by atoms with van der Waals surface area (Å²) in [5, 5.41) is 3.16. The molecule has 0 heterocycles. The lowest BCUT2D eigenvalue weighted by atomic mass is 9.98. The van der Waals surface area contributed by atoms with Gasteiger partial charge in [-0.3, -0.25) is 0 Å². The van der Waals surface area contributed by atoms with Gasteiger partial charge in [0.15, 0.2) is 11.6 Å². The Morgan fingerprint density at radius 1 is 1.11 bits per heavy atom. The van der Waals surface area contributed by atoms with Crippen LogP contribution >= 0.6 is 0 Å². The van der Waals surface area contributed by atoms with Crippen LogP contribution in [0.5, 0.6) is 5.75 Å². The molecule has 2 rings (SSSR count). The van der Waals surface area contributed by atoms with Crippen LogP contribution < -0.4 is 10.1 Å². The zero-order valence-electron chi connectivity index (χ0n) is 11.2. The third-order valence-electron chi connectivity index (χ3n) is 3.22. The van der Waals surface area contributed by atoms with Gasteiger partial charge >= 0.3 is 0 Å². The quantitative estimate of drug-likeness (QED) is 0.889. The topological polar surface area (TPSA) is 21.3 Å². The Hall–Kier alpha value is -1.87. The molecule has 2 nitrogen and oxygen atoms in total. The maximum atomic E-state index is 14.2. The summed E-state index contributed by atoms with van der Waals surface area (Å²) in [7, 11) is 3.32. The first-order valence-electron chi connectivity index (χ1n) is 6.30. The minimum Gasteiger partial charge on any atom is -0.494 e. The summed E-state index contributed by atoms with van der Waals surface area (Å²) in [5.41, 5.74) is 1.80. The van der Waals surface area contributed by atoms with Crippen LogP contribution in [0.25, 0.3) is 0 Å². The van der Waals surface area contributed by atoms with Crippen molar-refractivity contribution in [1.82, 2.24) is 5.32 Å². The lowest BCUT2D eigenvalue weighted by Gasteiger charge is -2.18. The molecule has 2 aromatic rings. The van der Waals surface area contributed by atoms with Crippen molar-refractivity contribution in [3.8, 4) is 5.75 Å². The number of nitrogens with one attached hydrogen (secondary N) is 1. The zero-order chi connectivity index (χ0) is 13.7. The van der Waals surface area contributed by atoms with E-state index in [1.807, 2.05) is 43.4 Å². The molecule has 0 aliphatic carbocycles. The highest BCUT2D eigenvalue weighted by atomic mass is 19.1. The number of benzene rings is 2. The van der Waals surface area contributed by atoms with Crippen LogP contribution in [0.1, 0.15) is 17.2 Å². The standard InChI is InChI=1S/C16H18FNO/c1-18-14(11-12-7-4-3-5-8-12)13-9-6-10-15(19-2)16(13)17/h3-10,14,18H,11H2,1-2H3. The van der Waals surface area contributed by atoms with Gasteiger partial charge in [-0.25, -0.2) is 4.39 Å². The summed E-state index contributed by atoms with van der Waals surface area (Å²) in [5.74, 6) is -0.00825. The van der Waals surface area contributed by atoms with Crippen molar-refractivity contribution in [1.29, 1.82) is 0 Å². The molecule has 0 aliphatic rings. The molecule has 1 atom stereocenters.